The zero-order chi connectivity index (χ0) is 13.2. The summed E-state index contributed by atoms with van der Waals surface area (Å²) in [5.74, 6) is -0.00383. The van der Waals surface area contributed by atoms with E-state index < -0.39 is 12.3 Å². The highest BCUT2D eigenvalue weighted by Gasteiger charge is 2.47. The van der Waals surface area contributed by atoms with Crippen LogP contribution < -0.4 is 5.32 Å². The van der Waals surface area contributed by atoms with Gasteiger partial charge in [0.1, 0.15) is 19.0 Å². The maximum absolute atomic E-state index is 11.6. The summed E-state index contributed by atoms with van der Waals surface area (Å²) in [5, 5.41) is 2.63. The molecule has 6 nitrogen and oxygen atoms in total. The fraction of sp³-hybridized carbons (Fsp3) is 0.385. The van der Waals surface area contributed by atoms with Gasteiger partial charge in [-0.15, -0.1) is 0 Å². The third-order valence-electron chi connectivity index (χ3n) is 3.23. The van der Waals surface area contributed by atoms with Crippen molar-refractivity contribution >= 4 is 12.0 Å². The number of hydrogen-bond acceptors (Lipinski definition) is 4. The fourth-order valence-corrected chi connectivity index (χ4v) is 2.21. The summed E-state index contributed by atoms with van der Waals surface area (Å²) < 4.78 is 10.4. The molecule has 2 saturated heterocycles. The number of alkyl carbamates (subject to hydrolysis) is 1. The van der Waals surface area contributed by atoms with Crippen LogP contribution >= 0.6 is 0 Å². The normalized spacial score (nSPS) is 24.6. The third-order valence-corrected chi connectivity index (χ3v) is 3.23. The van der Waals surface area contributed by atoms with Crippen molar-refractivity contribution in [3.63, 3.8) is 0 Å². The molecule has 2 unspecified atom stereocenters. The van der Waals surface area contributed by atoms with E-state index in [2.05, 4.69) is 5.32 Å². The summed E-state index contributed by atoms with van der Waals surface area (Å²) in [4.78, 5) is 24.5. The van der Waals surface area contributed by atoms with Gasteiger partial charge in [0.25, 0.3) is 0 Å². The largest absolute Gasteiger partial charge is 0.445 e. The van der Waals surface area contributed by atoms with Crippen LogP contribution in [-0.4, -0.2) is 35.9 Å². The molecule has 1 aromatic rings. The van der Waals surface area contributed by atoms with Crippen LogP contribution in [0.5, 0.6) is 0 Å². The Morgan fingerprint density at radius 2 is 2.21 bits per heavy atom. The lowest BCUT2D eigenvalue weighted by Gasteiger charge is -2.35. The second-order valence-electron chi connectivity index (χ2n) is 4.51. The van der Waals surface area contributed by atoms with E-state index in [9.17, 15) is 9.59 Å². The van der Waals surface area contributed by atoms with Crippen molar-refractivity contribution in [2.75, 3.05) is 6.61 Å². The molecule has 2 fully saturated rings. The predicted molar refractivity (Wildman–Crippen MR) is 64.8 cm³/mol. The summed E-state index contributed by atoms with van der Waals surface area (Å²) >= 11 is 0. The molecule has 0 aromatic heterocycles. The highest BCUT2D eigenvalue weighted by molar-refractivity contribution is 5.83. The molecule has 0 radical (unpaired) electrons. The number of amides is 2. The molecular weight excluding hydrogens is 248 g/mol. The van der Waals surface area contributed by atoms with Gasteiger partial charge in [0, 0.05) is 0 Å². The molecule has 6 heteroatoms. The number of carbonyl (C=O) groups excluding carboxylic acids is 2. The minimum absolute atomic E-state index is 0.00383. The van der Waals surface area contributed by atoms with Gasteiger partial charge in [-0.3, -0.25) is 15.0 Å². The van der Waals surface area contributed by atoms with E-state index in [0.717, 1.165) is 5.56 Å². The number of nitrogens with one attached hydrogen (secondary N) is 1. The van der Waals surface area contributed by atoms with Gasteiger partial charge in [-0.2, -0.15) is 0 Å². The quantitative estimate of drug-likeness (QED) is 0.819. The molecule has 2 aliphatic rings. The first-order chi connectivity index (χ1) is 9.24. The van der Waals surface area contributed by atoms with Gasteiger partial charge < -0.3 is 9.47 Å². The lowest BCUT2D eigenvalue weighted by Crippen LogP contribution is -2.58. The first-order valence-corrected chi connectivity index (χ1v) is 6.14. The monoisotopic (exact) mass is 262 g/mol. The molecule has 100 valence electrons. The van der Waals surface area contributed by atoms with Crippen molar-refractivity contribution < 1.29 is 19.1 Å². The molecule has 0 aliphatic carbocycles. The zero-order valence-corrected chi connectivity index (χ0v) is 10.2. The second-order valence-corrected chi connectivity index (χ2v) is 4.51. The number of carbonyl (C=O) groups is 2. The third kappa shape index (κ3) is 2.39. The number of ether oxygens (including phenoxy) is 2. The van der Waals surface area contributed by atoms with E-state index in [1.807, 2.05) is 30.3 Å². The second kappa shape index (κ2) is 4.89. The highest BCUT2D eigenvalue weighted by Crippen LogP contribution is 2.28. The Morgan fingerprint density at radius 3 is 2.95 bits per heavy atom. The summed E-state index contributed by atoms with van der Waals surface area (Å²) in [5.41, 5.74) is 0.915. The number of rotatable bonds is 3. The number of hydrogen-bond donors (Lipinski definition) is 1. The van der Waals surface area contributed by atoms with Gasteiger partial charge in [-0.1, -0.05) is 30.3 Å². The van der Waals surface area contributed by atoms with Crippen LogP contribution in [0.1, 0.15) is 12.0 Å². The van der Waals surface area contributed by atoms with Crippen LogP contribution in [0, 0.1) is 0 Å². The summed E-state index contributed by atoms with van der Waals surface area (Å²) in [6.45, 7) is 0.522. The molecule has 2 amide bonds. The molecule has 1 aromatic carbocycles. The fourth-order valence-electron chi connectivity index (χ4n) is 2.21. The first-order valence-electron chi connectivity index (χ1n) is 6.14. The molecule has 1 N–H and O–H groups in total. The van der Waals surface area contributed by atoms with Gasteiger partial charge in [0.2, 0.25) is 5.91 Å². The maximum Gasteiger partial charge on any atom is 0.409 e. The van der Waals surface area contributed by atoms with Gasteiger partial charge in [-0.05, 0) is 5.56 Å². The van der Waals surface area contributed by atoms with E-state index in [-0.39, 0.29) is 18.7 Å². The Kier molecular flexibility index (Phi) is 3.08. The minimum atomic E-state index is -0.544. The van der Waals surface area contributed by atoms with Crippen molar-refractivity contribution in [1.82, 2.24) is 10.2 Å². The average molecular weight is 262 g/mol. The number of benzene rings is 1. The Balaban J connectivity index is 1.48. The summed E-state index contributed by atoms with van der Waals surface area (Å²) in [6, 6.07) is 9.41. The molecule has 0 bridgehead atoms. The molecule has 3 rings (SSSR count). The first kappa shape index (κ1) is 12.0. The van der Waals surface area contributed by atoms with Crippen molar-refractivity contribution in [1.29, 1.82) is 0 Å². The van der Waals surface area contributed by atoms with Crippen molar-refractivity contribution in [2.45, 2.75) is 25.4 Å². The number of fused-ring (bicyclic) bond motifs is 1. The molecule has 0 spiro atoms. The molecule has 2 aliphatic heterocycles. The minimum Gasteiger partial charge on any atom is -0.445 e. The average Bonchev–Trinajstić information content (AvgIpc) is 2.73. The van der Waals surface area contributed by atoms with Crippen LogP contribution in [0.3, 0.4) is 0 Å². The Morgan fingerprint density at radius 1 is 1.42 bits per heavy atom. The lowest BCUT2D eigenvalue weighted by molar-refractivity contribution is -0.157. The Labute approximate surface area is 110 Å². The van der Waals surface area contributed by atoms with Crippen LogP contribution in [0.4, 0.5) is 4.79 Å². The van der Waals surface area contributed by atoms with Crippen LogP contribution in [0.15, 0.2) is 30.3 Å². The van der Waals surface area contributed by atoms with Crippen LogP contribution in [0.2, 0.25) is 0 Å². The van der Waals surface area contributed by atoms with Gasteiger partial charge in [0.15, 0.2) is 0 Å². The number of β-lactam (4-membered cyclic amide) rings is 1. The topological polar surface area (TPSA) is 67.9 Å². The summed E-state index contributed by atoms with van der Waals surface area (Å²) in [7, 11) is 0. The van der Waals surface area contributed by atoms with E-state index in [0.29, 0.717) is 13.0 Å². The van der Waals surface area contributed by atoms with Crippen LogP contribution in [-0.2, 0) is 20.9 Å². The Bertz CT molecular complexity index is 491. The van der Waals surface area contributed by atoms with Crippen molar-refractivity contribution in [2.24, 2.45) is 0 Å². The number of nitrogens with zero attached hydrogens (tertiary/aromatic N) is 1. The standard InChI is InChI=1S/C13H14N2O4/c16-11-6-12-15(11)10(8-18-12)14-13(17)19-7-9-4-2-1-3-5-9/h1-5,10,12H,6-8H2,(H,14,17). The SMILES string of the molecule is O=C(NC1COC2CC(=O)N12)OCc1ccccc1. The van der Waals surface area contributed by atoms with Gasteiger partial charge >= 0.3 is 6.09 Å². The predicted octanol–water partition coefficient (Wildman–Crippen LogP) is 0.827. The van der Waals surface area contributed by atoms with Gasteiger partial charge in [0.05, 0.1) is 13.0 Å². The van der Waals surface area contributed by atoms with Crippen LogP contribution in [0.25, 0.3) is 0 Å². The van der Waals surface area contributed by atoms with Crippen molar-refractivity contribution in [3.8, 4) is 0 Å². The van der Waals surface area contributed by atoms with E-state index in [1.165, 1.54) is 4.90 Å². The summed E-state index contributed by atoms with van der Waals surface area (Å²) in [6.07, 6.45) is -0.726. The Hall–Kier alpha value is -2.08. The van der Waals surface area contributed by atoms with E-state index in [4.69, 9.17) is 9.47 Å². The lowest BCUT2D eigenvalue weighted by atomic mass is 10.2. The van der Waals surface area contributed by atoms with E-state index >= 15 is 0 Å². The maximum atomic E-state index is 11.6. The molecule has 2 heterocycles. The zero-order valence-electron chi connectivity index (χ0n) is 10.2. The smallest absolute Gasteiger partial charge is 0.409 e. The molecule has 2 atom stereocenters. The molecule has 19 heavy (non-hydrogen) atoms. The molecular formula is C13H14N2O4. The van der Waals surface area contributed by atoms with Gasteiger partial charge in [-0.25, -0.2) is 4.79 Å². The highest BCUT2D eigenvalue weighted by atomic mass is 16.6. The molecule has 0 saturated carbocycles. The van der Waals surface area contributed by atoms with E-state index in [1.54, 1.807) is 0 Å². The van der Waals surface area contributed by atoms with Crippen molar-refractivity contribution in [3.05, 3.63) is 35.9 Å².